The number of anilines is 1. The molecule has 0 atom stereocenters. The van der Waals surface area contributed by atoms with Crippen LogP contribution in [0.4, 0.5) is 5.69 Å². The van der Waals surface area contributed by atoms with E-state index in [0.29, 0.717) is 0 Å². The van der Waals surface area contributed by atoms with Crippen molar-refractivity contribution in [1.82, 2.24) is 0 Å². The van der Waals surface area contributed by atoms with Crippen molar-refractivity contribution in [3.8, 4) is 0 Å². The van der Waals surface area contributed by atoms with Crippen molar-refractivity contribution in [2.45, 2.75) is 13.8 Å². The molecule has 0 N–H and O–H groups in total. The Balaban J connectivity index is 3.02. The Morgan fingerprint density at radius 2 is 2.20 bits per heavy atom. The normalized spacial score (nSPS) is 9.73. The first-order chi connectivity index (χ1) is 7.22. The van der Waals surface area contributed by atoms with Gasteiger partial charge in [-0.25, -0.2) is 0 Å². The highest BCUT2D eigenvalue weighted by molar-refractivity contribution is 5.77. The topological polar surface area (TPSA) is 20.3 Å². The van der Waals surface area contributed by atoms with Crippen LogP contribution >= 0.6 is 0 Å². The van der Waals surface area contributed by atoms with Crippen LogP contribution in [0.5, 0.6) is 0 Å². The van der Waals surface area contributed by atoms with Gasteiger partial charge in [-0.15, -0.1) is 6.58 Å². The van der Waals surface area contributed by atoms with Crippen molar-refractivity contribution >= 4 is 12.0 Å². The Morgan fingerprint density at radius 1 is 1.47 bits per heavy atom. The van der Waals surface area contributed by atoms with Gasteiger partial charge in [-0.3, -0.25) is 4.79 Å². The summed E-state index contributed by atoms with van der Waals surface area (Å²) in [5, 5.41) is 0. The third kappa shape index (κ3) is 2.69. The van der Waals surface area contributed by atoms with Crippen LogP contribution in [0, 0.1) is 6.92 Å². The summed E-state index contributed by atoms with van der Waals surface area (Å²) in [6.45, 7) is 9.64. The standard InChI is InChI=1S/C13H17NO/c1-4-8-14(5-2)13-7-6-12(10-15)9-11(13)3/h4,6-7,9-10H,1,5,8H2,2-3H3. The van der Waals surface area contributed by atoms with Gasteiger partial charge in [0.25, 0.3) is 0 Å². The zero-order valence-electron chi connectivity index (χ0n) is 9.36. The molecule has 0 aliphatic heterocycles. The Bertz CT molecular complexity index is 358. The van der Waals surface area contributed by atoms with Gasteiger partial charge in [0.05, 0.1) is 0 Å². The molecule has 0 aliphatic carbocycles. The molecule has 80 valence electrons. The average Bonchev–Trinajstić information content (AvgIpc) is 2.26. The zero-order chi connectivity index (χ0) is 11.3. The Labute approximate surface area is 91.2 Å². The van der Waals surface area contributed by atoms with E-state index in [0.717, 1.165) is 30.5 Å². The number of carbonyl (C=O) groups is 1. The summed E-state index contributed by atoms with van der Waals surface area (Å²) in [4.78, 5) is 12.8. The molecule has 0 unspecified atom stereocenters. The molecule has 0 spiro atoms. The number of benzene rings is 1. The fourth-order valence-electron chi connectivity index (χ4n) is 1.66. The fourth-order valence-corrected chi connectivity index (χ4v) is 1.66. The molecule has 0 heterocycles. The second-order valence-electron chi connectivity index (χ2n) is 3.49. The number of likely N-dealkylation sites (N-methyl/N-ethyl adjacent to an activating group) is 1. The van der Waals surface area contributed by atoms with E-state index in [9.17, 15) is 4.79 Å². The Hall–Kier alpha value is -1.57. The highest BCUT2D eigenvalue weighted by atomic mass is 16.1. The highest BCUT2D eigenvalue weighted by Gasteiger charge is 2.05. The lowest BCUT2D eigenvalue weighted by Gasteiger charge is -2.23. The number of carbonyl (C=O) groups excluding carboxylic acids is 1. The number of rotatable bonds is 5. The summed E-state index contributed by atoms with van der Waals surface area (Å²) in [5.74, 6) is 0. The Kier molecular flexibility index (Phi) is 4.10. The second-order valence-corrected chi connectivity index (χ2v) is 3.49. The van der Waals surface area contributed by atoms with Crippen molar-refractivity contribution in [2.75, 3.05) is 18.0 Å². The van der Waals surface area contributed by atoms with E-state index < -0.39 is 0 Å². The molecule has 1 rings (SSSR count). The number of aldehydes is 1. The largest absolute Gasteiger partial charge is 0.368 e. The van der Waals surface area contributed by atoms with Crippen LogP contribution in [-0.2, 0) is 0 Å². The number of hydrogen-bond donors (Lipinski definition) is 0. The summed E-state index contributed by atoms with van der Waals surface area (Å²) in [7, 11) is 0. The first-order valence-electron chi connectivity index (χ1n) is 5.14. The van der Waals surface area contributed by atoms with Crippen molar-refractivity contribution in [3.05, 3.63) is 42.0 Å². The van der Waals surface area contributed by atoms with Gasteiger partial charge in [0, 0.05) is 24.3 Å². The van der Waals surface area contributed by atoms with Crippen molar-refractivity contribution in [1.29, 1.82) is 0 Å². The monoisotopic (exact) mass is 203 g/mol. The third-order valence-corrected chi connectivity index (χ3v) is 2.43. The van der Waals surface area contributed by atoms with Crippen LogP contribution in [0.15, 0.2) is 30.9 Å². The molecular formula is C13H17NO. The number of nitrogens with zero attached hydrogens (tertiary/aromatic N) is 1. The highest BCUT2D eigenvalue weighted by Crippen LogP contribution is 2.20. The summed E-state index contributed by atoms with van der Waals surface area (Å²) < 4.78 is 0. The van der Waals surface area contributed by atoms with Crippen molar-refractivity contribution < 1.29 is 4.79 Å². The van der Waals surface area contributed by atoms with Gasteiger partial charge in [-0.2, -0.15) is 0 Å². The van der Waals surface area contributed by atoms with Gasteiger partial charge in [0.2, 0.25) is 0 Å². The predicted molar refractivity (Wildman–Crippen MR) is 64.7 cm³/mol. The molecule has 1 aromatic rings. The zero-order valence-corrected chi connectivity index (χ0v) is 9.36. The van der Waals surface area contributed by atoms with Gasteiger partial charge in [0.1, 0.15) is 6.29 Å². The van der Waals surface area contributed by atoms with Crippen LogP contribution in [-0.4, -0.2) is 19.4 Å². The van der Waals surface area contributed by atoms with E-state index in [1.165, 1.54) is 5.69 Å². The number of aryl methyl sites for hydroxylation is 1. The van der Waals surface area contributed by atoms with Gasteiger partial charge < -0.3 is 4.90 Å². The van der Waals surface area contributed by atoms with Crippen LogP contribution in [0.1, 0.15) is 22.8 Å². The second kappa shape index (κ2) is 5.35. The molecule has 0 fully saturated rings. The minimum atomic E-state index is 0.728. The first kappa shape index (κ1) is 11.5. The van der Waals surface area contributed by atoms with E-state index in [4.69, 9.17) is 0 Å². The van der Waals surface area contributed by atoms with E-state index in [2.05, 4.69) is 18.4 Å². The van der Waals surface area contributed by atoms with E-state index >= 15 is 0 Å². The van der Waals surface area contributed by atoms with Gasteiger partial charge >= 0.3 is 0 Å². The molecular weight excluding hydrogens is 186 g/mol. The van der Waals surface area contributed by atoms with Gasteiger partial charge in [-0.05, 0) is 37.6 Å². The third-order valence-electron chi connectivity index (χ3n) is 2.43. The summed E-state index contributed by atoms with van der Waals surface area (Å²) in [5.41, 5.74) is 3.03. The lowest BCUT2D eigenvalue weighted by atomic mass is 10.1. The van der Waals surface area contributed by atoms with Crippen LogP contribution in [0.25, 0.3) is 0 Å². The Morgan fingerprint density at radius 3 is 2.67 bits per heavy atom. The summed E-state index contributed by atoms with van der Waals surface area (Å²) in [6, 6.07) is 5.75. The first-order valence-corrected chi connectivity index (χ1v) is 5.14. The number of hydrogen-bond acceptors (Lipinski definition) is 2. The van der Waals surface area contributed by atoms with E-state index in [1.54, 1.807) is 0 Å². The molecule has 0 saturated heterocycles. The van der Waals surface area contributed by atoms with Crippen LogP contribution in [0.2, 0.25) is 0 Å². The van der Waals surface area contributed by atoms with Crippen LogP contribution in [0.3, 0.4) is 0 Å². The average molecular weight is 203 g/mol. The molecule has 0 aliphatic rings. The maximum absolute atomic E-state index is 10.6. The molecule has 0 bridgehead atoms. The molecule has 15 heavy (non-hydrogen) atoms. The van der Waals surface area contributed by atoms with E-state index in [-0.39, 0.29) is 0 Å². The maximum Gasteiger partial charge on any atom is 0.150 e. The summed E-state index contributed by atoms with van der Waals surface area (Å²) in [6.07, 6.45) is 2.76. The fraction of sp³-hybridized carbons (Fsp3) is 0.308. The predicted octanol–water partition coefficient (Wildman–Crippen LogP) is 2.82. The summed E-state index contributed by atoms with van der Waals surface area (Å²) >= 11 is 0. The van der Waals surface area contributed by atoms with Gasteiger partial charge in [0.15, 0.2) is 0 Å². The molecule has 0 radical (unpaired) electrons. The SMILES string of the molecule is C=CCN(CC)c1ccc(C=O)cc1C. The van der Waals surface area contributed by atoms with Crippen LogP contribution < -0.4 is 4.90 Å². The maximum atomic E-state index is 10.6. The lowest BCUT2D eigenvalue weighted by Crippen LogP contribution is -2.23. The molecule has 1 aromatic carbocycles. The van der Waals surface area contributed by atoms with Crippen molar-refractivity contribution in [3.63, 3.8) is 0 Å². The quantitative estimate of drug-likeness (QED) is 0.541. The minimum absolute atomic E-state index is 0.728. The molecule has 0 saturated carbocycles. The minimum Gasteiger partial charge on any atom is -0.368 e. The van der Waals surface area contributed by atoms with E-state index in [1.807, 2.05) is 31.2 Å². The molecule has 0 aromatic heterocycles. The molecule has 0 amide bonds. The molecule has 2 heteroatoms. The lowest BCUT2D eigenvalue weighted by molar-refractivity contribution is 0.112. The smallest absolute Gasteiger partial charge is 0.150 e. The van der Waals surface area contributed by atoms with Gasteiger partial charge in [-0.1, -0.05) is 6.08 Å². The van der Waals surface area contributed by atoms with Crippen molar-refractivity contribution in [2.24, 2.45) is 0 Å². The molecule has 2 nitrogen and oxygen atoms in total.